The van der Waals surface area contributed by atoms with Crippen LogP contribution in [0.2, 0.25) is 0 Å². The highest BCUT2D eigenvalue weighted by Crippen LogP contribution is 2.36. The number of rotatable bonds is 2. The predicted molar refractivity (Wildman–Crippen MR) is 68.0 cm³/mol. The second kappa shape index (κ2) is 5.20. The van der Waals surface area contributed by atoms with Gasteiger partial charge >= 0.3 is 6.18 Å². The molecule has 0 unspecified atom stereocenters. The minimum absolute atomic E-state index is 0.0285. The Morgan fingerprint density at radius 3 is 2.40 bits per heavy atom. The molecule has 7 heteroatoms. The third-order valence-electron chi connectivity index (χ3n) is 2.54. The van der Waals surface area contributed by atoms with Crippen LogP contribution in [0.4, 0.5) is 24.5 Å². The number of nitrogens with one attached hydrogen (secondary N) is 1. The lowest BCUT2D eigenvalue weighted by Crippen LogP contribution is -2.17. The average Bonchev–Trinajstić information content (AvgIpc) is 2.40. The van der Waals surface area contributed by atoms with Crippen LogP contribution < -0.4 is 11.1 Å². The first kappa shape index (κ1) is 13.9. The normalized spacial score (nSPS) is 11.2. The summed E-state index contributed by atoms with van der Waals surface area (Å²) in [6.07, 6.45) is -1.85. The topological polar surface area (TPSA) is 68.0 Å². The molecule has 1 heterocycles. The minimum atomic E-state index is -4.60. The van der Waals surface area contributed by atoms with Crippen LogP contribution in [0.5, 0.6) is 0 Å². The molecule has 0 fully saturated rings. The van der Waals surface area contributed by atoms with Crippen LogP contribution in [0.1, 0.15) is 15.9 Å². The van der Waals surface area contributed by atoms with Gasteiger partial charge in [-0.25, -0.2) is 0 Å². The first-order valence-electron chi connectivity index (χ1n) is 5.56. The summed E-state index contributed by atoms with van der Waals surface area (Å²) < 4.78 is 38.6. The summed E-state index contributed by atoms with van der Waals surface area (Å²) in [5.41, 5.74) is 4.20. The standard InChI is InChI=1S/C13H10F3N3O/c14-13(15,16)10-7-9(17)1-2-11(10)19-12(20)8-3-5-18-6-4-8/h1-7H,17H2,(H,19,20). The fraction of sp³-hybridized carbons (Fsp3) is 0.0769. The molecule has 0 aliphatic carbocycles. The van der Waals surface area contributed by atoms with Gasteiger partial charge in [-0.2, -0.15) is 13.2 Å². The summed E-state index contributed by atoms with van der Waals surface area (Å²) in [5.74, 6) is -0.650. The maximum atomic E-state index is 12.9. The van der Waals surface area contributed by atoms with Gasteiger partial charge in [-0.15, -0.1) is 0 Å². The highest BCUT2D eigenvalue weighted by molar-refractivity contribution is 6.04. The number of hydrogen-bond donors (Lipinski definition) is 2. The molecular weight excluding hydrogens is 271 g/mol. The molecule has 0 atom stereocenters. The molecule has 3 N–H and O–H groups in total. The van der Waals surface area contributed by atoms with Crippen LogP contribution in [-0.4, -0.2) is 10.9 Å². The van der Waals surface area contributed by atoms with Crippen molar-refractivity contribution in [3.8, 4) is 0 Å². The van der Waals surface area contributed by atoms with E-state index in [1.54, 1.807) is 0 Å². The zero-order valence-corrected chi connectivity index (χ0v) is 10.1. The molecule has 2 rings (SSSR count). The van der Waals surface area contributed by atoms with E-state index in [1.807, 2.05) is 0 Å². The number of nitrogen functional groups attached to an aromatic ring is 1. The van der Waals surface area contributed by atoms with E-state index in [9.17, 15) is 18.0 Å². The third-order valence-corrected chi connectivity index (χ3v) is 2.54. The molecule has 104 valence electrons. The quantitative estimate of drug-likeness (QED) is 0.832. The van der Waals surface area contributed by atoms with E-state index in [0.29, 0.717) is 0 Å². The Labute approximate surface area is 112 Å². The molecule has 0 saturated heterocycles. The Morgan fingerprint density at radius 2 is 1.80 bits per heavy atom. The largest absolute Gasteiger partial charge is 0.418 e. The number of carbonyl (C=O) groups is 1. The van der Waals surface area contributed by atoms with Crippen molar-refractivity contribution in [2.24, 2.45) is 0 Å². The Morgan fingerprint density at radius 1 is 1.15 bits per heavy atom. The molecule has 20 heavy (non-hydrogen) atoms. The van der Waals surface area contributed by atoms with Gasteiger partial charge in [-0.3, -0.25) is 9.78 Å². The fourth-order valence-corrected chi connectivity index (χ4v) is 1.60. The SMILES string of the molecule is Nc1ccc(NC(=O)c2ccncc2)c(C(F)(F)F)c1. The molecule has 0 bridgehead atoms. The van der Waals surface area contributed by atoms with Gasteiger partial charge in [-0.1, -0.05) is 0 Å². The van der Waals surface area contributed by atoms with E-state index < -0.39 is 17.6 Å². The summed E-state index contributed by atoms with van der Waals surface area (Å²) in [5, 5.41) is 2.22. The molecule has 1 aromatic heterocycles. The molecule has 0 saturated carbocycles. The molecule has 0 aliphatic rings. The lowest BCUT2D eigenvalue weighted by Gasteiger charge is -2.14. The van der Waals surface area contributed by atoms with E-state index >= 15 is 0 Å². The lowest BCUT2D eigenvalue weighted by atomic mass is 10.1. The van der Waals surface area contributed by atoms with Crippen molar-refractivity contribution in [2.45, 2.75) is 6.18 Å². The molecule has 0 aliphatic heterocycles. The van der Waals surface area contributed by atoms with Crippen LogP contribution >= 0.6 is 0 Å². The first-order valence-corrected chi connectivity index (χ1v) is 5.56. The summed E-state index contributed by atoms with van der Waals surface area (Å²) in [7, 11) is 0. The second-order valence-corrected chi connectivity index (χ2v) is 3.99. The van der Waals surface area contributed by atoms with Gasteiger partial charge in [0.2, 0.25) is 0 Å². The Hall–Kier alpha value is -2.57. The second-order valence-electron chi connectivity index (χ2n) is 3.99. The zero-order chi connectivity index (χ0) is 14.8. The number of nitrogens with zero attached hydrogens (tertiary/aromatic N) is 1. The number of carbonyl (C=O) groups excluding carboxylic acids is 1. The Balaban J connectivity index is 2.33. The van der Waals surface area contributed by atoms with E-state index in [-0.39, 0.29) is 16.9 Å². The Bertz CT molecular complexity index is 627. The zero-order valence-electron chi connectivity index (χ0n) is 10.1. The number of alkyl halides is 3. The van der Waals surface area contributed by atoms with Crippen LogP contribution in [0.3, 0.4) is 0 Å². The highest BCUT2D eigenvalue weighted by Gasteiger charge is 2.34. The van der Waals surface area contributed by atoms with E-state index in [2.05, 4.69) is 10.3 Å². The number of nitrogens with two attached hydrogens (primary N) is 1. The van der Waals surface area contributed by atoms with E-state index in [1.165, 1.54) is 30.6 Å². The number of halogens is 3. The van der Waals surface area contributed by atoms with Crippen molar-refractivity contribution in [2.75, 3.05) is 11.1 Å². The van der Waals surface area contributed by atoms with E-state index in [0.717, 1.165) is 12.1 Å². The summed E-state index contributed by atoms with van der Waals surface area (Å²) in [4.78, 5) is 15.6. The predicted octanol–water partition coefficient (Wildman–Crippen LogP) is 2.93. The fourth-order valence-electron chi connectivity index (χ4n) is 1.60. The molecule has 1 amide bonds. The van der Waals surface area contributed by atoms with Gasteiger partial charge in [-0.05, 0) is 30.3 Å². The maximum Gasteiger partial charge on any atom is 0.418 e. The van der Waals surface area contributed by atoms with E-state index in [4.69, 9.17) is 5.73 Å². The monoisotopic (exact) mass is 281 g/mol. The van der Waals surface area contributed by atoms with Gasteiger partial charge in [0.25, 0.3) is 5.91 Å². The average molecular weight is 281 g/mol. The van der Waals surface area contributed by atoms with Crippen LogP contribution in [0, 0.1) is 0 Å². The number of amides is 1. The first-order chi connectivity index (χ1) is 9.38. The molecule has 0 radical (unpaired) electrons. The van der Waals surface area contributed by atoms with Crippen molar-refractivity contribution in [1.82, 2.24) is 4.98 Å². The van der Waals surface area contributed by atoms with Crippen molar-refractivity contribution < 1.29 is 18.0 Å². The lowest BCUT2D eigenvalue weighted by molar-refractivity contribution is -0.136. The smallest absolute Gasteiger partial charge is 0.399 e. The molecule has 4 nitrogen and oxygen atoms in total. The molecular formula is C13H10F3N3O. The van der Waals surface area contributed by atoms with Crippen LogP contribution in [0.25, 0.3) is 0 Å². The summed E-state index contributed by atoms with van der Waals surface area (Å²) in [6, 6.07) is 6.00. The highest BCUT2D eigenvalue weighted by atomic mass is 19.4. The number of benzene rings is 1. The maximum absolute atomic E-state index is 12.9. The third kappa shape index (κ3) is 3.05. The van der Waals surface area contributed by atoms with Gasteiger partial charge in [0.05, 0.1) is 11.3 Å². The molecule has 1 aromatic carbocycles. The van der Waals surface area contributed by atoms with Gasteiger partial charge in [0.1, 0.15) is 0 Å². The van der Waals surface area contributed by atoms with Gasteiger partial charge in [0.15, 0.2) is 0 Å². The molecule has 2 aromatic rings. The van der Waals surface area contributed by atoms with Gasteiger partial charge in [0, 0.05) is 23.6 Å². The number of pyridine rings is 1. The van der Waals surface area contributed by atoms with Crippen molar-refractivity contribution in [1.29, 1.82) is 0 Å². The number of hydrogen-bond acceptors (Lipinski definition) is 3. The van der Waals surface area contributed by atoms with Crippen LogP contribution in [0.15, 0.2) is 42.7 Å². The van der Waals surface area contributed by atoms with Crippen molar-refractivity contribution in [3.63, 3.8) is 0 Å². The number of anilines is 2. The van der Waals surface area contributed by atoms with Crippen molar-refractivity contribution in [3.05, 3.63) is 53.9 Å². The summed E-state index contributed by atoms with van der Waals surface area (Å²) >= 11 is 0. The van der Waals surface area contributed by atoms with Crippen LogP contribution in [-0.2, 0) is 6.18 Å². The number of aromatic nitrogens is 1. The minimum Gasteiger partial charge on any atom is -0.399 e. The molecule has 0 spiro atoms. The van der Waals surface area contributed by atoms with Gasteiger partial charge < -0.3 is 11.1 Å². The van der Waals surface area contributed by atoms with Crippen molar-refractivity contribution >= 4 is 17.3 Å². The summed E-state index contributed by atoms with van der Waals surface area (Å²) in [6.45, 7) is 0. The Kier molecular flexibility index (Phi) is 3.60.